The topological polar surface area (TPSA) is 62.1 Å². The third-order valence-corrected chi connectivity index (χ3v) is 4.19. The lowest BCUT2D eigenvalue weighted by Crippen LogP contribution is -2.43. The highest BCUT2D eigenvalue weighted by molar-refractivity contribution is 6.30. The van der Waals surface area contributed by atoms with Gasteiger partial charge in [-0.2, -0.15) is 10.1 Å². The van der Waals surface area contributed by atoms with E-state index in [0.717, 1.165) is 5.01 Å². The Bertz CT molecular complexity index is 804. The molecular formula is C18H17ClN2O3. The van der Waals surface area contributed by atoms with E-state index in [4.69, 9.17) is 16.3 Å². The zero-order chi connectivity index (χ0) is 17.3. The number of halogens is 1. The summed E-state index contributed by atoms with van der Waals surface area (Å²) in [5.41, 5.74) is 0.0853. The van der Waals surface area contributed by atoms with E-state index in [1.54, 1.807) is 55.5 Å². The van der Waals surface area contributed by atoms with Crippen LogP contribution in [-0.2, 0) is 5.72 Å². The Morgan fingerprint density at radius 2 is 2.00 bits per heavy atom. The molecule has 0 spiro atoms. The molecule has 1 amide bonds. The molecule has 6 heteroatoms. The van der Waals surface area contributed by atoms with Crippen LogP contribution in [0.4, 0.5) is 0 Å². The first-order chi connectivity index (χ1) is 11.4. The number of methoxy groups -OCH3 is 1. The summed E-state index contributed by atoms with van der Waals surface area (Å²) in [6.07, 6.45) is 0.240. The fraction of sp³-hybridized carbons (Fsp3) is 0.222. The summed E-state index contributed by atoms with van der Waals surface area (Å²) in [4.78, 5) is 12.9. The maximum atomic E-state index is 12.9. The predicted octanol–water partition coefficient (Wildman–Crippen LogP) is 3.42. The lowest BCUT2D eigenvalue weighted by molar-refractivity contribution is -0.0765. The van der Waals surface area contributed by atoms with Gasteiger partial charge in [0, 0.05) is 28.3 Å². The quantitative estimate of drug-likeness (QED) is 0.928. The Morgan fingerprint density at radius 3 is 2.67 bits per heavy atom. The number of amides is 1. The first kappa shape index (κ1) is 16.5. The van der Waals surface area contributed by atoms with Gasteiger partial charge in [-0.1, -0.05) is 29.8 Å². The molecule has 0 fully saturated rings. The third kappa shape index (κ3) is 2.88. The summed E-state index contributed by atoms with van der Waals surface area (Å²) < 4.78 is 5.15. The predicted molar refractivity (Wildman–Crippen MR) is 92.2 cm³/mol. The monoisotopic (exact) mass is 344 g/mol. The van der Waals surface area contributed by atoms with Crippen molar-refractivity contribution in [3.05, 3.63) is 64.7 Å². The molecular weight excluding hydrogens is 328 g/mol. The maximum absolute atomic E-state index is 12.9. The van der Waals surface area contributed by atoms with Crippen molar-refractivity contribution in [2.24, 2.45) is 5.10 Å². The van der Waals surface area contributed by atoms with Crippen LogP contribution in [0.25, 0.3) is 0 Å². The van der Waals surface area contributed by atoms with Gasteiger partial charge in [0.1, 0.15) is 5.75 Å². The second kappa shape index (κ2) is 6.26. The van der Waals surface area contributed by atoms with Gasteiger partial charge in [0.2, 0.25) is 0 Å². The number of ether oxygens (including phenoxy) is 1. The minimum Gasteiger partial charge on any atom is -0.497 e. The Kier molecular flexibility index (Phi) is 4.30. The number of rotatable bonds is 3. The Balaban J connectivity index is 2.00. The summed E-state index contributed by atoms with van der Waals surface area (Å²) in [6.45, 7) is 1.78. The van der Waals surface area contributed by atoms with Gasteiger partial charge >= 0.3 is 0 Å². The van der Waals surface area contributed by atoms with Crippen molar-refractivity contribution >= 4 is 23.2 Å². The molecule has 1 aliphatic rings. The van der Waals surface area contributed by atoms with Crippen LogP contribution in [0.1, 0.15) is 29.3 Å². The number of hydrazone groups is 1. The summed E-state index contributed by atoms with van der Waals surface area (Å²) >= 11 is 5.92. The molecule has 24 heavy (non-hydrogen) atoms. The Labute approximate surface area is 145 Å². The van der Waals surface area contributed by atoms with Gasteiger partial charge in [-0.05, 0) is 37.3 Å². The summed E-state index contributed by atoms with van der Waals surface area (Å²) in [7, 11) is 1.53. The number of nitrogens with zero attached hydrogens (tertiary/aromatic N) is 2. The van der Waals surface area contributed by atoms with E-state index in [9.17, 15) is 9.90 Å². The molecule has 5 nitrogen and oxygen atoms in total. The van der Waals surface area contributed by atoms with Gasteiger partial charge in [0.25, 0.3) is 5.91 Å². The lowest BCUT2D eigenvalue weighted by atomic mass is 9.97. The normalized spacial score (nSPS) is 20.0. The number of carbonyl (C=O) groups excluding carboxylic acids is 1. The van der Waals surface area contributed by atoms with Gasteiger partial charge in [0.05, 0.1) is 7.11 Å². The largest absolute Gasteiger partial charge is 0.497 e. The van der Waals surface area contributed by atoms with Crippen LogP contribution in [0.3, 0.4) is 0 Å². The van der Waals surface area contributed by atoms with E-state index in [2.05, 4.69) is 5.10 Å². The molecule has 1 N–H and O–H groups in total. The van der Waals surface area contributed by atoms with Crippen LogP contribution < -0.4 is 4.74 Å². The van der Waals surface area contributed by atoms with Crippen LogP contribution in [0.15, 0.2) is 53.6 Å². The van der Waals surface area contributed by atoms with Crippen molar-refractivity contribution in [2.75, 3.05) is 7.11 Å². The molecule has 0 saturated heterocycles. The molecule has 1 heterocycles. The minimum absolute atomic E-state index is 0.240. The molecule has 2 aromatic rings. The van der Waals surface area contributed by atoms with Crippen molar-refractivity contribution in [1.29, 1.82) is 0 Å². The molecule has 2 aromatic carbocycles. The van der Waals surface area contributed by atoms with E-state index in [0.29, 0.717) is 27.6 Å². The minimum atomic E-state index is -1.53. The fourth-order valence-corrected chi connectivity index (χ4v) is 2.88. The molecule has 124 valence electrons. The fourth-order valence-electron chi connectivity index (χ4n) is 2.75. The zero-order valence-electron chi connectivity index (χ0n) is 13.4. The Hall–Kier alpha value is -2.37. The number of benzene rings is 2. The smallest absolute Gasteiger partial charge is 0.277 e. The average molecular weight is 345 g/mol. The van der Waals surface area contributed by atoms with Gasteiger partial charge in [-0.3, -0.25) is 4.79 Å². The highest BCUT2D eigenvalue weighted by Crippen LogP contribution is 2.37. The van der Waals surface area contributed by atoms with Gasteiger partial charge in [0.15, 0.2) is 5.72 Å². The van der Waals surface area contributed by atoms with E-state index in [1.165, 1.54) is 7.11 Å². The van der Waals surface area contributed by atoms with Crippen molar-refractivity contribution in [1.82, 2.24) is 5.01 Å². The van der Waals surface area contributed by atoms with E-state index in [-0.39, 0.29) is 6.42 Å². The summed E-state index contributed by atoms with van der Waals surface area (Å²) in [5.74, 6) is 0.166. The van der Waals surface area contributed by atoms with E-state index in [1.807, 2.05) is 0 Å². The zero-order valence-corrected chi connectivity index (χ0v) is 14.1. The summed E-state index contributed by atoms with van der Waals surface area (Å²) in [5, 5.41) is 17.1. The molecule has 0 aromatic heterocycles. The van der Waals surface area contributed by atoms with Gasteiger partial charge in [-0.25, -0.2) is 0 Å². The Morgan fingerprint density at radius 1 is 1.29 bits per heavy atom. The number of carbonyl (C=O) groups is 1. The summed E-state index contributed by atoms with van der Waals surface area (Å²) in [6, 6.07) is 13.5. The van der Waals surface area contributed by atoms with E-state index < -0.39 is 11.6 Å². The molecule has 1 aliphatic heterocycles. The molecule has 0 saturated carbocycles. The number of hydrogen-bond acceptors (Lipinski definition) is 4. The first-order valence-electron chi connectivity index (χ1n) is 7.45. The first-order valence-corrected chi connectivity index (χ1v) is 7.83. The van der Waals surface area contributed by atoms with Gasteiger partial charge < -0.3 is 9.84 Å². The standard InChI is InChI=1S/C18H17ClN2O3/c1-12-11-18(23,14-6-8-15(19)9-7-14)21(20-12)17(22)13-4-3-5-16(10-13)24-2/h3-10,23H,11H2,1-2H3/t18-/m0/s1. The molecule has 0 bridgehead atoms. The highest BCUT2D eigenvalue weighted by Gasteiger charge is 2.45. The van der Waals surface area contributed by atoms with Crippen LogP contribution in [0.5, 0.6) is 5.75 Å². The molecule has 3 rings (SSSR count). The molecule has 0 aliphatic carbocycles. The van der Waals surface area contributed by atoms with Gasteiger partial charge in [-0.15, -0.1) is 0 Å². The van der Waals surface area contributed by atoms with E-state index >= 15 is 0 Å². The average Bonchev–Trinajstić information content (AvgIpc) is 2.90. The third-order valence-electron chi connectivity index (χ3n) is 3.94. The molecule has 1 atom stereocenters. The van der Waals surface area contributed by atoms with Crippen molar-refractivity contribution < 1.29 is 14.6 Å². The lowest BCUT2D eigenvalue weighted by Gasteiger charge is -2.31. The molecule has 0 unspecified atom stereocenters. The highest BCUT2D eigenvalue weighted by atomic mass is 35.5. The van der Waals surface area contributed by atoms with Crippen molar-refractivity contribution in [3.8, 4) is 5.75 Å². The molecule has 0 radical (unpaired) electrons. The van der Waals surface area contributed by atoms with Crippen LogP contribution in [-0.4, -0.2) is 28.8 Å². The number of aliphatic hydroxyl groups is 1. The SMILES string of the molecule is COc1cccc(C(=O)N2N=C(C)C[C@]2(O)c2ccc(Cl)cc2)c1. The second-order valence-corrected chi connectivity index (χ2v) is 6.12. The van der Waals surface area contributed by atoms with Crippen LogP contribution in [0.2, 0.25) is 5.02 Å². The van der Waals surface area contributed by atoms with Crippen LogP contribution in [0, 0.1) is 0 Å². The van der Waals surface area contributed by atoms with Crippen molar-refractivity contribution in [2.45, 2.75) is 19.1 Å². The second-order valence-electron chi connectivity index (χ2n) is 5.68. The number of hydrogen-bond donors (Lipinski definition) is 1. The van der Waals surface area contributed by atoms with Crippen LogP contribution >= 0.6 is 11.6 Å². The maximum Gasteiger partial charge on any atom is 0.277 e. The van der Waals surface area contributed by atoms with Crippen molar-refractivity contribution in [3.63, 3.8) is 0 Å².